The van der Waals surface area contributed by atoms with Gasteiger partial charge in [-0.2, -0.15) is 0 Å². The highest BCUT2D eigenvalue weighted by Crippen LogP contribution is 2.05. The van der Waals surface area contributed by atoms with Crippen molar-refractivity contribution < 1.29 is 9.90 Å². The second kappa shape index (κ2) is 12.5. The Labute approximate surface area is 88.7 Å². The zero-order valence-electron chi connectivity index (χ0n) is 10.2. The zero-order chi connectivity index (χ0) is 11.4. The van der Waals surface area contributed by atoms with Crippen LogP contribution in [0.25, 0.3) is 0 Å². The van der Waals surface area contributed by atoms with Gasteiger partial charge in [0.05, 0.1) is 5.92 Å². The molecule has 0 unspecified atom stereocenters. The standard InChI is InChI=1S/C6H12O2.C6H14/c1-3-5(4-2)6(7)8;1-3-5-6-4-2/h5H,3-4H2,1-2H3,(H,7,8);3-6H2,1-2H3. The lowest BCUT2D eigenvalue weighted by Gasteiger charge is -2.02. The number of carbonyl (C=O) groups is 1. The number of hydrogen-bond donors (Lipinski definition) is 1. The first-order valence-electron chi connectivity index (χ1n) is 5.86. The van der Waals surface area contributed by atoms with Gasteiger partial charge in [0.15, 0.2) is 0 Å². The van der Waals surface area contributed by atoms with E-state index in [0.29, 0.717) is 0 Å². The maximum atomic E-state index is 10.2. The fourth-order valence-electron chi connectivity index (χ4n) is 1.14. The van der Waals surface area contributed by atoms with Crippen molar-refractivity contribution in [1.29, 1.82) is 0 Å². The van der Waals surface area contributed by atoms with Gasteiger partial charge in [-0.1, -0.05) is 53.4 Å². The van der Waals surface area contributed by atoms with E-state index in [0.717, 1.165) is 12.8 Å². The lowest BCUT2D eigenvalue weighted by Crippen LogP contribution is -2.10. The summed E-state index contributed by atoms with van der Waals surface area (Å²) in [6, 6.07) is 0. The van der Waals surface area contributed by atoms with Gasteiger partial charge in [-0.3, -0.25) is 4.79 Å². The summed E-state index contributed by atoms with van der Waals surface area (Å²) >= 11 is 0. The molecule has 0 rings (SSSR count). The molecular formula is C12H26O2. The summed E-state index contributed by atoms with van der Waals surface area (Å²) < 4.78 is 0. The molecule has 0 aromatic heterocycles. The summed E-state index contributed by atoms with van der Waals surface area (Å²) in [5.74, 6) is -0.801. The van der Waals surface area contributed by atoms with Crippen LogP contribution < -0.4 is 0 Å². The van der Waals surface area contributed by atoms with Crippen molar-refractivity contribution in [3.8, 4) is 0 Å². The van der Waals surface area contributed by atoms with Gasteiger partial charge in [0.2, 0.25) is 0 Å². The van der Waals surface area contributed by atoms with Crippen LogP contribution in [0.2, 0.25) is 0 Å². The van der Waals surface area contributed by atoms with Crippen molar-refractivity contribution in [1.82, 2.24) is 0 Å². The smallest absolute Gasteiger partial charge is 0.306 e. The van der Waals surface area contributed by atoms with E-state index in [9.17, 15) is 4.79 Å². The summed E-state index contributed by atoms with van der Waals surface area (Å²) in [5.41, 5.74) is 0. The van der Waals surface area contributed by atoms with Crippen molar-refractivity contribution >= 4 is 5.97 Å². The Hall–Kier alpha value is -0.530. The van der Waals surface area contributed by atoms with Crippen molar-refractivity contribution in [2.24, 2.45) is 5.92 Å². The van der Waals surface area contributed by atoms with Crippen LogP contribution in [0.1, 0.15) is 66.2 Å². The first-order valence-corrected chi connectivity index (χ1v) is 5.86. The van der Waals surface area contributed by atoms with E-state index in [1.54, 1.807) is 0 Å². The highest BCUT2D eigenvalue weighted by molar-refractivity contribution is 5.69. The summed E-state index contributed by atoms with van der Waals surface area (Å²) in [6.07, 6.45) is 7.02. The Balaban J connectivity index is 0. The van der Waals surface area contributed by atoms with Crippen LogP contribution in [0.15, 0.2) is 0 Å². The summed E-state index contributed by atoms with van der Waals surface area (Å²) in [7, 11) is 0. The third-order valence-electron chi connectivity index (χ3n) is 2.29. The minimum atomic E-state index is -0.671. The molecule has 1 N–H and O–H groups in total. The van der Waals surface area contributed by atoms with Crippen molar-refractivity contribution in [3.63, 3.8) is 0 Å². The van der Waals surface area contributed by atoms with Gasteiger partial charge in [0, 0.05) is 0 Å². The molecule has 0 atom stereocenters. The van der Waals surface area contributed by atoms with Gasteiger partial charge in [-0.05, 0) is 12.8 Å². The molecule has 86 valence electrons. The molecule has 0 aliphatic rings. The molecule has 0 bridgehead atoms. The molecule has 0 aliphatic heterocycles. The Morgan fingerprint density at radius 1 is 1.00 bits per heavy atom. The van der Waals surface area contributed by atoms with E-state index in [2.05, 4.69) is 13.8 Å². The molecule has 0 saturated carbocycles. The van der Waals surface area contributed by atoms with E-state index in [1.807, 2.05) is 13.8 Å². The number of carboxylic acid groups (broad SMARTS) is 1. The van der Waals surface area contributed by atoms with Crippen LogP contribution in [-0.2, 0) is 4.79 Å². The SMILES string of the molecule is CCC(CC)C(=O)O.CCCCCC. The first kappa shape index (κ1) is 15.9. The minimum Gasteiger partial charge on any atom is -0.481 e. The normalized spacial score (nSPS) is 9.50. The number of carboxylic acids is 1. The third kappa shape index (κ3) is 11.5. The molecule has 0 spiro atoms. The van der Waals surface area contributed by atoms with Gasteiger partial charge in [-0.25, -0.2) is 0 Å². The second-order valence-corrected chi connectivity index (χ2v) is 3.56. The minimum absolute atomic E-state index is 0.130. The summed E-state index contributed by atoms with van der Waals surface area (Å²) in [4.78, 5) is 10.2. The Bertz CT molecular complexity index is 113. The van der Waals surface area contributed by atoms with E-state index in [1.165, 1.54) is 25.7 Å². The predicted octanol–water partition coefficient (Wildman–Crippen LogP) is 4.09. The lowest BCUT2D eigenvalue weighted by molar-refractivity contribution is -0.141. The van der Waals surface area contributed by atoms with Crippen LogP contribution in [0, 0.1) is 5.92 Å². The molecule has 0 amide bonds. The van der Waals surface area contributed by atoms with Gasteiger partial charge in [0.25, 0.3) is 0 Å². The van der Waals surface area contributed by atoms with Crippen LogP contribution in [0.4, 0.5) is 0 Å². The van der Waals surface area contributed by atoms with Crippen molar-refractivity contribution in [2.75, 3.05) is 0 Å². The van der Waals surface area contributed by atoms with Crippen LogP contribution in [0.5, 0.6) is 0 Å². The van der Waals surface area contributed by atoms with Gasteiger partial charge in [0.1, 0.15) is 0 Å². The molecule has 0 aromatic carbocycles. The quantitative estimate of drug-likeness (QED) is 0.658. The second-order valence-electron chi connectivity index (χ2n) is 3.56. The molecule has 0 aliphatic carbocycles. The fourth-order valence-corrected chi connectivity index (χ4v) is 1.14. The molecule has 0 heterocycles. The molecule has 0 radical (unpaired) electrons. The Kier molecular flexibility index (Phi) is 14.2. The number of rotatable bonds is 6. The van der Waals surface area contributed by atoms with Crippen molar-refractivity contribution in [2.45, 2.75) is 66.2 Å². The molecule has 2 nitrogen and oxygen atoms in total. The van der Waals surface area contributed by atoms with E-state index in [4.69, 9.17) is 5.11 Å². The van der Waals surface area contributed by atoms with E-state index < -0.39 is 5.97 Å². The van der Waals surface area contributed by atoms with Crippen molar-refractivity contribution in [3.05, 3.63) is 0 Å². The van der Waals surface area contributed by atoms with E-state index >= 15 is 0 Å². The Morgan fingerprint density at radius 3 is 1.43 bits per heavy atom. The molecule has 14 heavy (non-hydrogen) atoms. The summed E-state index contributed by atoms with van der Waals surface area (Å²) in [6.45, 7) is 8.25. The predicted molar refractivity (Wildman–Crippen MR) is 61.5 cm³/mol. The number of unbranched alkanes of at least 4 members (excludes halogenated alkanes) is 3. The zero-order valence-corrected chi connectivity index (χ0v) is 10.2. The van der Waals surface area contributed by atoms with Gasteiger partial charge < -0.3 is 5.11 Å². The Morgan fingerprint density at radius 2 is 1.36 bits per heavy atom. The van der Waals surface area contributed by atoms with Crippen LogP contribution >= 0.6 is 0 Å². The molecule has 0 saturated heterocycles. The number of hydrogen-bond acceptors (Lipinski definition) is 1. The average Bonchev–Trinajstić information content (AvgIpc) is 2.17. The average molecular weight is 202 g/mol. The van der Waals surface area contributed by atoms with Crippen LogP contribution in [-0.4, -0.2) is 11.1 Å². The fraction of sp³-hybridized carbons (Fsp3) is 0.917. The molecule has 0 aromatic rings. The molecule has 0 fully saturated rings. The maximum Gasteiger partial charge on any atom is 0.306 e. The maximum absolute atomic E-state index is 10.2. The molecular weight excluding hydrogens is 176 g/mol. The first-order chi connectivity index (χ1) is 6.63. The highest BCUT2D eigenvalue weighted by atomic mass is 16.4. The lowest BCUT2D eigenvalue weighted by atomic mass is 10.1. The van der Waals surface area contributed by atoms with Gasteiger partial charge in [-0.15, -0.1) is 0 Å². The van der Waals surface area contributed by atoms with E-state index in [-0.39, 0.29) is 5.92 Å². The monoisotopic (exact) mass is 202 g/mol. The number of aliphatic carboxylic acids is 1. The highest BCUT2D eigenvalue weighted by Gasteiger charge is 2.10. The summed E-state index contributed by atoms with van der Waals surface area (Å²) in [5, 5.41) is 8.37. The largest absolute Gasteiger partial charge is 0.481 e. The topological polar surface area (TPSA) is 37.3 Å². The molecule has 2 heteroatoms. The third-order valence-corrected chi connectivity index (χ3v) is 2.29. The van der Waals surface area contributed by atoms with Crippen LogP contribution in [0.3, 0.4) is 0 Å². The van der Waals surface area contributed by atoms with Gasteiger partial charge >= 0.3 is 5.97 Å².